The number of carbonyl (C=O) groups is 4. The van der Waals surface area contributed by atoms with E-state index in [2.05, 4.69) is 78.3 Å². The molecule has 11 heteroatoms. The summed E-state index contributed by atoms with van der Waals surface area (Å²) in [6, 6.07) is 3.36. The summed E-state index contributed by atoms with van der Waals surface area (Å²) in [6.45, 7) is 2.13. The molecule has 2 atom stereocenters. The van der Waals surface area contributed by atoms with Crippen LogP contribution in [0.2, 0.25) is 0 Å². The minimum Gasteiger partial charge on any atom is -0.507 e. The maximum atomic E-state index is 12.3. The van der Waals surface area contributed by atoms with Gasteiger partial charge in [-0.15, -0.1) is 0 Å². The Kier molecular flexibility index (Phi) is 22.9. The van der Waals surface area contributed by atoms with Gasteiger partial charge < -0.3 is 26.0 Å². The second-order valence-corrected chi connectivity index (χ2v) is 12.4. The number of phenols is 1. The van der Waals surface area contributed by atoms with E-state index >= 15 is 0 Å². The van der Waals surface area contributed by atoms with E-state index in [4.69, 9.17) is 0 Å². The smallest absolute Gasteiger partial charge is 0.327 e. The molecule has 1 rings (SSSR count). The molecule has 0 aliphatic carbocycles. The van der Waals surface area contributed by atoms with Crippen LogP contribution in [-0.4, -0.2) is 62.7 Å². The third-order valence-corrected chi connectivity index (χ3v) is 8.49. The fourth-order valence-corrected chi connectivity index (χ4v) is 5.91. The van der Waals surface area contributed by atoms with Crippen LogP contribution in [0.1, 0.15) is 68.6 Å². The fraction of sp³-hybridized carbons (Fsp3) is 0.371. The number of benzene rings is 1. The highest BCUT2D eigenvalue weighted by atomic mass is 33.1. The molecule has 46 heavy (non-hydrogen) atoms. The summed E-state index contributed by atoms with van der Waals surface area (Å²) in [5, 5.41) is 33.6. The summed E-state index contributed by atoms with van der Waals surface area (Å²) in [5.41, 5.74) is -0.0518. The van der Waals surface area contributed by atoms with E-state index in [0.29, 0.717) is 6.42 Å². The van der Waals surface area contributed by atoms with Crippen LogP contribution in [0.15, 0.2) is 97.2 Å². The molecule has 1 aromatic rings. The Morgan fingerprint density at radius 1 is 0.674 bits per heavy atom. The molecule has 0 aliphatic heterocycles. The van der Waals surface area contributed by atoms with Crippen LogP contribution >= 0.6 is 21.6 Å². The number of aliphatic carboxylic acids is 2. The molecule has 0 spiro atoms. The van der Waals surface area contributed by atoms with Gasteiger partial charge in [-0.1, -0.05) is 114 Å². The maximum absolute atomic E-state index is 12.3. The molecule has 0 fully saturated rings. The predicted molar refractivity (Wildman–Crippen MR) is 189 cm³/mol. The van der Waals surface area contributed by atoms with Crippen LogP contribution < -0.4 is 10.6 Å². The highest BCUT2D eigenvalue weighted by molar-refractivity contribution is 8.76. The average Bonchev–Trinajstić information content (AvgIpc) is 3.02. The van der Waals surface area contributed by atoms with Gasteiger partial charge in [0.25, 0.3) is 5.91 Å². The van der Waals surface area contributed by atoms with E-state index in [1.54, 1.807) is 6.07 Å². The van der Waals surface area contributed by atoms with Gasteiger partial charge in [-0.05, 0) is 57.1 Å². The van der Waals surface area contributed by atoms with Crippen LogP contribution in [0.25, 0.3) is 0 Å². The second-order valence-electron chi connectivity index (χ2n) is 9.86. The summed E-state index contributed by atoms with van der Waals surface area (Å²) in [6.07, 6.45) is 31.4. The first-order valence-corrected chi connectivity index (χ1v) is 17.7. The quantitative estimate of drug-likeness (QED) is 0.0444. The molecule has 9 nitrogen and oxygen atoms in total. The number of amides is 2. The lowest BCUT2D eigenvalue weighted by atomic mass is 10.2. The van der Waals surface area contributed by atoms with Crippen molar-refractivity contribution in [1.82, 2.24) is 10.6 Å². The Labute approximate surface area is 280 Å². The van der Waals surface area contributed by atoms with Crippen molar-refractivity contribution in [2.24, 2.45) is 0 Å². The van der Waals surface area contributed by atoms with Crippen molar-refractivity contribution < 1.29 is 34.5 Å². The lowest BCUT2D eigenvalue weighted by Crippen LogP contribution is -2.43. The SMILES string of the molecule is CCC=CCC=CCC=CCC=CCC=CCC=CCCC(=O)N[C@@H](CSSC[C@H](NC(=O)c1ccccc1O)C(=O)O)C(=O)O. The normalized spacial score (nSPS) is 13.4. The zero-order valence-corrected chi connectivity index (χ0v) is 27.9. The van der Waals surface area contributed by atoms with Gasteiger partial charge in [-0.3, -0.25) is 9.59 Å². The zero-order valence-electron chi connectivity index (χ0n) is 26.3. The van der Waals surface area contributed by atoms with Crippen molar-refractivity contribution in [2.75, 3.05) is 11.5 Å². The van der Waals surface area contributed by atoms with Gasteiger partial charge in [0.1, 0.15) is 17.8 Å². The van der Waals surface area contributed by atoms with E-state index in [9.17, 15) is 34.5 Å². The van der Waals surface area contributed by atoms with Crippen LogP contribution in [0.5, 0.6) is 5.75 Å². The number of aromatic hydroxyl groups is 1. The van der Waals surface area contributed by atoms with Gasteiger partial charge in [0.2, 0.25) is 5.91 Å². The summed E-state index contributed by atoms with van der Waals surface area (Å²) in [5.74, 6) is -3.91. The van der Waals surface area contributed by atoms with E-state index in [0.717, 1.165) is 60.1 Å². The van der Waals surface area contributed by atoms with Crippen molar-refractivity contribution in [3.05, 3.63) is 103 Å². The average molecular weight is 671 g/mol. The van der Waals surface area contributed by atoms with Gasteiger partial charge in [0.05, 0.1) is 5.56 Å². The van der Waals surface area contributed by atoms with Crippen LogP contribution in [0, 0.1) is 0 Å². The molecule has 0 saturated carbocycles. The monoisotopic (exact) mass is 670 g/mol. The van der Waals surface area contributed by atoms with E-state index in [1.807, 2.05) is 12.2 Å². The number of carboxylic acids is 2. The number of hydrogen-bond donors (Lipinski definition) is 5. The van der Waals surface area contributed by atoms with Crippen LogP contribution in [0.3, 0.4) is 0 Å². The topological polar surface area (TPSA) is 153 Å². The number of carboxylic acid groups (broad SMARTS) is 2. The minimum absolute atomic E-state index is 0.00537. The molecule has 1 aromatic carbocycles. The maximum Gasteiger partial charge on any atom is 0.327 e. The highest BCUT2D eigenvalue weighted by Crippen LogP contribution is 2.24. The van der Waals surface area contributed by atoms with Crippen LogP contribution in [-0.2, 0) is 14.4 Å². The van der Waals surface area contributed by atoms with Crippen molar-refractivity contribution in [3.8, 4) is 5.75 Å². The summed E-state index contributed by atoms with van der Waals surface area (Å²) >= 11 is 0. The lowest BCUT2D eigenvalue weighted by molar-refractivity contribution is -0.141. The number of hydrogen-bond acceptors (Lipinski definition) is 7. The first-order chi connectivity index (χ1) is 22.3. The molecule has 0 bridgehead atoms. The molecular weight excluding hydrogens is 625 g/mol. The molecule has 5 N–H and O–H groups in total. The summed E-state index contributed by atoms with van der Waals surface area (Å²) < 4.78 is 0. The largest absolute Gasteiger partial charge is 0.507 e. The molecule has 0 aliphatic rings. The molecule has 2 amide bonds. The molecule has 0 heterocycles. The first-order valence-electron chi connectivity index (χ1n) is 15.2. The van der Waals surface area contributed by atoms with E-state index < -0.39 is 35.8 Å². The second kappa shape index (κ2) is 26.3. The Balaban J connectivity index is 2.24. The highest BCUT2D eigenvalue weighted by Gasteiger charge is 2.24. The van der Waals surface area contributed by atoms with Crippen molar-refractivity contribution >= 4 is 45.3 Å². The number of nitrogens with one attached hydrogen (secondary N) is 2. The molecule has 0 radical (unpaired) electrons. The van der Waals surface area contributed by atoms with Gasteiger partial charge in [-0.2, -0.15) is 0 Å². The molecule has 0 saturated heterocycles. The standard InChI is InChI=1S/C35H46N2O7S2/c1-2-3-4-5-6-7-8-9-10-11-12-13-14-15-16-17-18-19-20-25-32(39)36-29(34(41)42)26-45-46-27-30(35(43)44)37-33(40)28-23-21-22-24-31(28)38/h3-4,6-7,9-10,12-13,15-16,18-19,21-24,29-30,38H,2,5,8,11,14,17,20,25-27H2,1H3,(H,36,39)(H,37,40)(H,41,42)(H,43,44)/t29-,30-/m0/s1. The van der Waals surface area contributed by atoms with Gasteiger partial charge in [0, 0.05) is 17.9 Å². The third kappa shape index (κ3) is 20.1. The summed E-state index contributed by atoms with van der Waals surface area (Å²) in [4.78, 5) is 47.7. The van der Waals surface area contributed by atoms with Gasteiger partial charge >= 0.3 is 11.9 Å². The van der Waals surface area contributed by atoms with Crippen molar-refractivity contribution in [2.45, 2.75) is 70.4 Å². The minimum atomic E-state index is -1.27. The predicted octanol–water partition coefficient (Wildman–Crippen LogP) is 7.00. The number of allylic oxidation sites excluding steroid dienone is 12. The Morgan fingerprint density at radius 3 is 1.57 bits per heavy atom. The lowest BCUT2D eigenvalue weighted by Gasteiger charge is -2.16. The Morgan fingerprint density at radius 2 is 1.11 bits per heavy atom. The first kappa shape index (κ1) is 40.1. The molecule has 0 aromatic heterocycles. The number of phenolic OH excluding ortho intramolecular Hbond substituents is 1. The third-order valence-electron chi connectivity index (χ3n) is 6.07. The fourth-order valence-electron chi connectivity index (χ4n) is 3.60. The number of rotatable bonds is 24. The van der Waals surface area contributed by atoms with Gasteiger partial charge in [0.15, 0.2) is 0 Å². The van der Waals surface area contributed by atoms with Crippen molar-refractivity contribution in [1.29, 1.82) is 0 Å². The number of para-hydroxylation sites is 1. The summed E-state index contributed by atoms with van der Waals surface area (Å²) in [7, 11) is 2.14. The molecular formula is C35H46N2O7S2. The Hall–Kier alpha value is -3.96. The molecule has 250 valence electrons. The van der Waals surface area contributed by atoms with Gasteiger partial charge in [-0.25, -0.2) is 9.59 Å². The van der Waals surface area contributed by atoms with Crippen molar-refractivity contribution in [3.63, 3.8) is 0 Å². The molecule has 0 unspecified atom stereocenters. The zero-order chi connectivity index (χ0) is 33.8. The van der Waals surface area contributed by atoms with E-state index in [-0.39, 0.29) is 29.2 Å². The Bertz CT molecular complexity index is 1260. The number of carbonyl (C=O) groups excluding carboxylic acids is 2. The van der Waals surface area contributed by atoms with E-state index in [1.165, 1.54) is 18.2 Å². The van der Waals surface area contributed by atoms with Crippen LogP contribution in [0.4, 0.5) is 0 Å².